The van der Waals surface area contributed by atoms with E-state index in [0.717, 1.165) is 11.0 Å². The molecule has 1 amide bonds. The van der Waals surface area contributed by atoms with E-state index in [9.17, 15) is 9.18 Å². The van der Waals surface area contributed by atoms with Crippen molar-refractivity contribution in [1.82, 2.24) is 14.9 Å². The molecule has 2 unspecified atom stereocenters. The fourth-order valence-electron chi connectivity index (χ4n) is 3.40. The number of amides is 1. The number of fused-ring (bicyclic) bond motifs is 1. The highest BCUT2D eigenvalue weighted by Crippen LogP contribution is 2.22. The van der Waals surface area contributed by atoms with Gasteiger partial charge in [0.1, 0.15) is 24.7 Å². The topological polar surface area (TPSA) is 58.2 Å². The molecule has 5 nitrogen and oxygen atoms in total. The van der Waals surface area contributed by atoms with Gasteiger partial charge in [-0.05, 0) is 49.2 Å². The highest BCUT2D eigenvalue weighted by atomic mass is 19.1. The van der Waals surface area contributed by atoms with Gasteiger partial charge in [-0.15, -0.1) is 0 Å². The minimum atomic E-state index is -1.20. The normalized spacial score (nSPS) is 19.7. The van der Waals surface area contributed by atoms with Gasteiger partial charge in [0.2, 0.25) is 0 Å². The van der Waals surface area contributed by atoms with Crippen LogP contribution in [0.4, 0.5) is 4.39 Å². The van der Waals surface area contributed by atoms with E-state index in [1.54, 1.807) is 24.3 Å². The van der Waals surface area contributed by atoms with Gasteiger partial charge >= 0.3 is 0 Å². The van der Waals surface area contributed by atoms with Crippen LogP contribution in [-0.4, -0.2) is 46.1 Å². The highest BCUT2D eigenvalue weighted by molar-refractivity contribution is 5.94. The Kier molecular flexibility index (Phi) is 4.66. The van der Waals surface area contributed by atoms with Crippen LogP contribution in [0.2, 0.25) is 0 Å². The zero-order chi connectivity index (χ0) is 19.0. The van der Waals surface area contributed by atoms with Gasteiger partial charge in [0.05, 0.1) is 24.1 Å². The second-order valence-electron chi connectivity index (χ2n) is 7.08. The van der Waals surface area contributed by atoms with Crippen LogP contribution < -0.4 is 0 Å². The first-order valence-corrected chi connectivity index (χ1v) is 9.07. The number of carbonyl (C=O) groups is 1. The summed E-state index contributed by atoms with van der Waals surface area (Å²) < 4.78 is 20.1. The number of hydrogen-bond donors (Lipinski definition) is 1. The number of H-pyrrole nitrogens is 1. The molecule has 1 saturated heterocycles. The average molecular weight is 367 g/mol. The second kappa shape index (κ2) is 7.12. The minimum Gasteiger partial charge on any atom is -0.365 e. The van der Waals surface area contributed by atoms with Crippen LogP contribution in [0, 0.1) is 13.8 Å². The third-order valence-corrected chi connectivity index (χ3v) is 5.09. The number of carbonyl (C=O) groups excluding carboxylic acids is 1. The van der Waals surface area contributed by atoms with Crippen molar-refractivity contribution in [3.8, 4) is 0 Å². The summed E-state index contributed by atoms with van der Waals surface area (Å²) in [6, 6.07) is 13.0. The maximum absolute atomic E-state index is 14.4. The van der Waals surface area contributed by atoms with E-state index < -0.39 is 12.3 Å². The summed E-state index contributed by atoms with van der Waals surface area (Å²) in [5.41, 5.74) is 4.75. The number of likely N-dealkylation sites (tertiary alicyclic amines) is 1. The molecular weight excluding hydrogens is 345 g/mol. The number of alkyl halides is 1. The molecular formula is C21H22FN3O2. The highest BCUT2D eigenvalue weighted by Gasteiger charge is 2.36. The lowest BCUT2D eigenvalue weighted by molar-refractivity contribution is 0.00887. The number of imidazole rings is 1. The van der Waals surface area contributed by atoms with E-state index in [0.29, 0.717) is 11.4 Å². The number of rotatable bonds is 4. The number of aryl methyl sites for hydroxylation is 2. The number of ether oxygens (including phenoxy) is 1. The first kappa shape index (κ1) is 17.7. The van der Waals surface area contributed by atoms with Gasteiger partial charge in [0.25, 0.3) is 5.91 Å². The molecule has 1 aromatic heterocycles. The summed E-state index contributed by atoms with van der Waals surface area (Å²) in [6.45, 7) is 4.58. The van der Waals surface area contributed by atoms with Crippen LogP contribution in [0.15, 0.2) is 42.5 Å². The smallest absolute Gasteiger partial charge is 0.254 e. The zero-order valence-corrected chi connectivity index (χ0v) is 15.4. The predicted octanol–water partition coefficient (Wildman–Crippen LogP) is 3.56. The quantitative estimate of drug-likeness (QED) is 0.767. The van der Waals surface area contributed by atoms with Crippen molar-refractivity contribution in [2.75, 3.05) is 13.1 Å². The molecule has 1 aliphatic rings. The molecule has 0 spiro atoms. The van der Waals surface area contributed by atoms with E-state index in [1.807, 2.05) is 19.1 Å². The van der Waals surface area contributed by atoms with Crippen molar-refractivity contribution in [2.45, 2.75) is 32.7 Å². The molecule has 0 radical (unpaired) electrons. The van der Waals surface area contributed by atoms with Crippen LogP contribution >= 0.6 is 0 Å². The Morgan fingerprint density at radius 1 is 1.22 bits per heavy atom. The summed E-state index contributed by atoms with van der Waals surface area (Å²) in [4.78, 5) is 21.7. The zero-order valence-electron chi connectivity index (χ0n) is 15.4. The third-order valence-electron chi connectivity index (χ3n) is 5.09. The Hall–Kier alpha value is -2.73. The standard InChI is InChI=1S/C21H22FN3O2/c1-13-8-17-18(9-14(13)2)24-20(23-17)12-27-19-11-25(10-16(19)22)21(26)15-6-4-3-5-7-15/h3-9,16,19H,10-12H2,1-2H3,(H,23,24). The van der Waals surface area contributed by atoms with Crippen LogP contribution in [-0.2, 0) is 11.3 Å². The molecule has 0 saturated carbocycles. The minimum absolute atomic E-state index is 0.0525. The SMILES string of the molecule is Cc1cc2nc(COC3CN(C(=O)c4ccccc4)CC3F)[nH]c2cc1C. The average Bonchev–Trinajstić information content (AvgIpc) is 3.23. The largest absolute Gasteiger partial charge is 0.365 e. The molecule has 1 fully saturated rings. The van der Waals surface area contributed by atoms with Gasteiger partial charge in [-0.3, -0.25) is 4.79 Å². The van der Waals surface area contributed by atoms with Crippen molar-refractivity contribution in [1.29, 1.82) is 0 Å². The molecule has 140 valence electrons. The van der Waals surface area contributed by atoms with Crippen LogP contribution in [0.3, 0.4) is 0 Å². The number of aromatic amines is 1. The van der Waals surface area contributed by atoms with Crippen LogP contribution in [0.5, 0.6) is 0 Å². The molecule has 6 heteroatoms. The molecule has 3 aromatic rings. The summed E-state index contributed by atoms with van der Waals surface area (Å²) in [5.74, 6) is 0.495. The molecule has 0 aliphatic carbocycles. The van der Waals surface area contributed by atoms with Crippen molar-refractivity contribution in [2.24, 2.45) is 0 Å². The molecule has 2 atom stereocenters. The van der Waals surface area contributed by atoms with Crippen LogP contribution in [0.1, 0.15) is 27.3 Å². The number of aromatic nitrogens is 2. The maximum atomic E-state index is 14.4. The maximum Gasteiger partial charge on any atom is 0.254 e. The number of nitrogens with one attached hydrogen (secondary N) is 1. The summed E-state index contributed by atoms with van der Waals surface area (Å²) in [5, 5.41) is 0. The first-order chi connectivity index (χ1) is 13.0. The Morgan fingerprint density at radius 3 is 2.74 bits per heavy atom. The van der Waals surface area contributed by atoms with E-state index in [-0.39, 0.29) is 25.6 Å². The number of nitrogens with zero attached hydrogens (tertiary/aromatic N) is 2. The van der Waals surface area contributed by atoms with Crippen LogP contribution in [0.25, 0.3) is 11.0 Å². The first-order valence-electron chi connectivity index (χ1n) is 9.07. The Bertz CT molecular complexity index is 931. The van der Waals surface area contributed by atoms with Gasteiger partial charge in [-0.1, -0.05) is 18.2 Å². The lowest BCUT2D eigenvalue weighted by atomic mass is 10.1. The molecule has 4 rings (SSSR count). The number of halogens is 1. The fourth-order valence-corrected chi connectivity index (χ4v) is 3.40. The van der Waals surface area contributed by atoms with Gasteiger partial charge in [-0.2, -0.15) is 0 Å². The summed E-state index contributed by atoms with van der Waals surface area (Å²) in [6.07, 6.45) is -1.85. The molecule has 1 aliphatic heterocycles. The Morgan fingerprint density at radius 2 is 1.96 bits per heavy atom. The molecule has 27 heavy (non-hydrogen) atoms. The van der Waals surface area contributed by atoms with E-state index in [4.69, 9.17) is 4.74 Å². The van der Waals surface area contributed by atoms with Crippen molar-refractivity contribution in [3.63, 3.8) is 0 Å². The third kappa shape index (κ3) is 3.57. The van der Waals surface area contributed by atoms with E-state index in [2.05, 4.69) is 23.0 Å². The summed E-state index contributed by atoms with van der Waals surface area (Å²) >= 11 is 0. The predicted molar refractivity (Wildman–Crippen MR) is 101 cm³/mol. The summed E-state index contributed by atoms with van der Waals surface area (Å²) in [7, 11) is 0. The van der Waals surface area contributed by atoms with E-state index in [1.165, 1.54) is 16.0 Å². The molecule has 1 N–H and O–H groups in total. The monoisotopic (exact) mass is 367 g/mol. The molecule has 2 heterocycles. The van der Waals surface area contributed by atoms with Gasteiger partial charge in [0.15, 0.2) is 0 Å². The van der Waals surface area contributed by atoms with Crippen molar-refractivity contribution in [3.05, 3.63) is 65.0 Å². The molecule has 2 aromatic carbocycles. The fraction of sp³-hybridized carbons (Fsp3) is 0.333. The van der Waals surface area contributed by atoms with Gasteiger partial charge in [0, 0.05) is 5.56 Å². The Labute approximate surface area is 157 Å². The van der Waals surface area contributed by atoms with Crippen molar-refractivity contribution < 1.29 is 13.9 Å². The molecule has 0 bridgehead atoms. The van der Waals surface area contributed by atoms with Gasteiger partial charge in [-0.25, -0.2) is 9.37 Å². The Balaban J connectivity index is 1.41. The number of benzene rings is 2. The van der Waals surface area contributed by atoms with Gasteiger partial charge < -0.3 is 14.6 Å². The second-order valence-corrected chi connectivity index (χ2v) is 7.08. The van der Waals surface area contributed by atoms with E-state index >= 15 is 0 Å². The lowest BCUT2D eigenvalue weighted by Gasteiger charge is -2.16. The number of hydrogen-bond acceptors (Lipinski definition) is 3. The van der Waals surface area contributed by atoms with Crippen molar-refractivity contribution >= 4 is 16.9 Å². The lowest BCUT2D eigenvalue weighted by Crippen LogP contribution is -2.30.